The quantitative estimate of drug-likeness (QED) is 0.718. The van der Waals surface area contributed by atoms with Crippen LogP contribution in [0.15, 0.2) is 36.4 Å². The van der Waals surface area contributed by atoms with Crippen LogP contribution in [0.5, 0.6) is 5.75 Å². The summed E-state index contributed by atoms with van der Waals surface area (Å²) in [6.07, 6.45) is 0.763. The number of nitrogens with zero attached hydrogens (tertiary/aromatic N) is 1. The summed E-state index contributed by atoms with van der Waals surface area (Å²) in [5.74, 6) is -0.652. The Hall–Kier alpha value is -3.55. The van der Waals surface area contributed by atoms with Gasteiger partial charge in [-0.3, -0.25) is 9.59 Å². The molecule has 0 aromatic heterocycles. The van der Waals surface area contributed by atoms with Gasteiger partial charge in [0.25, 0.3) is 5.91 Å². The fourth-order valence-electron chi connectivity index (χ4n) is 3.99. The van der Waals surface area contributed by atoms with Crippen molar-refractivity contribution in [1.29, 1.82) is 0 Å². The second-order valence-corrected chi connectivity index (χ2v) is 7.81. The van der Waals surface area contributed by atoms with E-state index in [1.165, 1.54) is 14.0 Å². The van der Waals surface area contributed by atoms with E-state index in [-0.39, 0.29) is 17.5 Å². The molecule has 4 rings (SSSR count). The van der Waals surface area contributed by atoms with E-state index >= 15 is 0 Å². The number of carbonyl (C=O) groups is 3. The Labute approximate surface area is 180 Å². The lowest BCUT2D eigenvalue weighted by Crippen LogP contribution is -2.43. The van der Waals surface area contributed by atoms with Crippen LogP contribution in [0.3, 0.4) is 0 Å². The van der Waals surface area contributed by atoms with Crippen LogP contribution in [0.25, 0.3) is 0 Å². The molecular formula is C23H25N3O5. The molecule has 2 aliphatic heterocycles. The molecule has 1 saturated heterocycles. The molecule has 0 radical (unpaired) electrons. The number of nitrogens with one attached hydrogen (secondary N) is 2. The van der Waals surface area contributed by atoms with Crippen LogP contribution in [0.4, 0.5) is 17.1 Å². The predicted octanol–water partition coefficient (Wildman–Crippen LogP) is 3.11. The summed E-state index contributed by atoms with van der Waals surface area (Å²) in [7, 11) is 1.52. The molecule has 2 aliphatic rings. The van der Waals surface area contributed by atoms with Gasteiger partial charge >= 0.3 is 5.97 Å². The van der Waals surface area contributed by atoms with E-state index in [0.29, 0.717) is 17.1 Å². The fraction of sp³-hybridized carbons (Fsp3) is 0.348. The van der Waals surface area contributed by atoms with Crippen LogP contribution in [-0.2, 0) is 14.3 Å². The Morgan fingerprint density at radius 2 is 2.03 bits per heavy atom. The summed E-state index contributed by atoms with van der Waals surface area (Å²) in [6, 6.07) is 10.3. The van der Waals surface area contributed by atoms with Gasteiger partial charge in [0.05, 0.1) is 29.7 Å². The van der Waals surface area contributed by atoms with Gasteiger partial charge in [0, 0.05) is 6.54 Å². The lowest BCUT2D eigenvalue weighted by Gasteiger charge is -2.33. The van der Waals surface area contributed by atoms with Gasteiger partial charge in [-0.2, -0.15) is 0 Å². The topological polar surface area (TPSA) is 97.0 Å². The molecule has 8 nitrogen and oxygen atoms in total. The third-order valence-corrected chi connectivity index (χ3v) is 5.62. The molecule has 2 heterocycles. The average Bonchev–Trinajstić information content (AvgIpc) is 3.24. The zero-order chi connectivity index (χ0) is 22.1. The van der Waals surface area contributed by atoms with Crippen molar-refractivity contribution in [3.05, 3.63) is 47.5 Å². The highest BCUT2D eigenvalue weighted by Gasteiger charge is 2.36. The van der Waals surface area contributed by atoms with E-state index < -0.39 is 18.0 Å². The van der Waals surface area contributed by atoms with Crippen LogP contribution < -0.4 is 20.3 Å². The number of anilines is 3. The number of ether oxygens (including phenoxy) is 2. The molecule has 8 heteroatoms. The third-order valence-electron chi connectivity index (χ3n) is 5.62. The Bertz CT molecular complexity index is 1050. The van der Waals surface area contributed by atoms with Crippen LogP contribution in [0.2, 0.25) is 0 Å². The summed E-state index contributed by atoms with van der Waals surface area (Å²) in [4.78, 5) is 39.6. The van der Waals surface area contributed by atoms with Crippen LogP contribution in [-0.4, -0.2) is 43.6 Å². The summed E-state index contributed by atoms with van der Waals surface area (Å²) in [6.45, 7) is 4.22. The van der Waals surface area contributed by atoms with E-state index in [4.69, 9.17) is 9.47 Å². The first-order valence-corrected chi connectivity index (χ1v) is 10.3. The van der Waals surface area contributed by atoms with Crippen molar-refractivity contribution in [3.8, 4) is 5.75 Å². The minimum absolute atomic E-state index is 0.0598. The van der Waals surface area contributed by atoms with Gasteiger partial charge in [0.1, 0.15) is 11.8 Å². The second kappa shape index (κ2) is 8.29. The Morgan fingerprint density at radius 3 is 2.81 bits per heavy atom. The minimum Gasteiger partial charge on any atom is -0.495 e. The lowest BCUT2D eigenvalue weighted by molar-refractivity contribution is -0.123. The number of amides is 2. The smallest absolute Gasteiger partial charge is 0.338 e. The van der Waals surface area contributed by atoms with E-state index in [9.17, 15) is 14.4 Å². The minimum atomic E-state index is -1.02. The van der Waals surface area contributed by atoms with Gasteiger partial charge < -0.3 is 25.0 Å². The van der Waals surface area contributed by atoms with Crippen molar-refractivity contribution in [2.24, 2.45) is 0 Å². The summed E-state index contributed by atoms with van der Waals surface area (Å²) >= 11 is 0. The molecule has 2 amide bonds. The third kappa shape index (κ3) is 4.05. The fourth-order valence-corrected chi connectivity index (χ4v) is 3.99. The van der Waals surface area contributed by atoms with Gasteiger partial charge in [0.2, 0.25) is 5.91 Å². The van der Waals surface area contributed by atoms with Crippen molar-refractivity contribution in [2.75, 3.05) is 29.2 Å². The number of esters is 1. The SMILES string of the molecule is COc1ccc(C)cc1NC(=O)[C@H](C)OC(=O)c1ccc2c(c1)NC(=O)[C@H]1CCCN21. The highest BCUT2D eigenvalue weighted by molar-refractivity contribution is 6.06. The van der Waals surface area contributed by atoms with Gasteiger partial charge in [-0.1, -0.05) is 6.07 Å². The zero-order valence-electron chi connectivity index (χ0n) is 17.7. The first-order valence-electron chi connectivity index (χ1n) is 10.3. The van der Waals surface area contributed by atoms with Crippen molar-refractivity contribution >= 4 is 34.8 Å². The first-order chi connectivity index (χ1) is 14.9. The van der Waals surface area contributed by atoms with Gasteiger partial charge in [0.15, 0.2) is 6.10 Å². The number of fused-ring (bicyclic) bond motifs is 3. The molecule has 0 bridgehead atoms. The Balaban J connectivity index is 1.45. The van der Waals surface area contributed by atoms with Gasteiger partial charge in [-0.25, -0.2) is 4.79 Å². The standard InChI is InChI=1S/C23H25N3O5/c1-13-6-9-20(30-3)17(11-13)25-21(27)14(2)31-23(29)15-7-8-18-16(12-15)24-22(28)19-5-4-10-26(18)19/h6-9,11-12,14,19H,4-5,10H2,1-3H3,(H,24,28)(H,25,27)/t14-,19+/m0/s1. The van der Waals surface area contributed by atoms with Crippen LogP contribution in [0, 0.1) is 6.92 Å². The van der Waals surface area contributed by atoms with Gasteiger partial charge in [-0.05, 0) is 62.6 Å². The normalized spacial score (nSPS) is 17.8. The van der Waals surface area contributed by atoms with Crippen LogP contribution >= 0.6 is 0 Å². The summed E-state index contributed by atoms with van der Waals surface area (Å²) < 4.78 is 10.6. The van der Waals surface area contributed by atoms with Crippen molar-refractivity contribution in [2.45, 2.75) is 38.8 Å². The monoisotopic (exact) mass is 423 g/mol. The van der Waals surface area contributed by atoms with Crippen molar-refractivity contribution < 1.29 is 23.9 Å². The van der Waals surface area contributed by atoms with Crippen LogP contribution in [0.1, 0.15) is 35.7 Å². The predicted molar refractivity (Wildman–Crippen MR) is 117 cm³/mol. The molecule has 2 N–H and O–H groups in total. The Kier molecular flexibility index (Phi) is 5.54. The zero-order valence-corrected chi connectivity index (χ0v) is 17.7. The molecule has 2 aromatic rings. The highest BCUT2D eigenvalue weighted by Crippen LogP contribution is 2.37. The van der Waals surface area contributed by atoms with E-state index in [1.807, 2.05) is 19.1 Å². The lowest BCUT2D eigenvalue weighted by atomic mass is 10.1. The van der Waals surface area contributed by atoms with Gasteiger partial charge in [-0.15, -0.1) is 0 Å². The molecule has 1 fully saturated rings. The molecule has 0 unspecified atom stereocenters. The molecule has 0 spiro atoms. The van der Waals surface area contributed by atoms with E-state index in [0.717, 1.165) is 30.6 Å². The number of hydrogen-bond donors (Lipinski definition) is 2. The molecule has 0 saturated carbocycles. The summed E-state index contributed by atoms with van der Waals surface area (Å²) in [5.41, 5.74) is 3.21. The summed E-state index contributed by atoms with van der Waals surface area (Å²) in [5, 5.41) is 5.61. The first kappa shape index (κ1) is 20.7. The number of methoxy groups -OCH3 is 1. The van der Waals surface area contributed by atoms with Crippen molar-refractivity contribution in [1.82, 2.24) is 0 Å². The van der Waals surface area contributed by atoms with E-state index in [2.05, 4.69) is 15.5 Å². The highest BCUT2D eigenvalue weighted by atomic mass is 16.5. The number of benzene rings is 2. The molecule has 2 aromatic carbocycles. The maximum atomic E-state index is 12.6. The number of rotatable bonds is 5. The molecule has 0 aliphatic carbocycles. The largest absolute Gasteiger partial charge is 0.495 e. The number of aryl methyl sites for hydroxylation is 1. The maximum absolute atomic E-state index is 12.6. The van der Waals surface area contributed by atoms with Crippen molar-refractivity contribution in [3.63, 3.8) is 0 Å². The number of carbonyl (C=O) groups excluding carboxylic acids is 3. The second-order valence-electron chi connectivity index (χ2n) is 7.81. The Morgan fingerprint density at radius 1 is 1.23 bits per heavy atom. The number of hydrogen-bond acceptors (Lipinski definition) is 6. The molecule has 2 atom stereocenters. The van der Waals surface area contributed by atoms with E-state index in [1.54, 1.807) is 24.3 Å². The maximum Gasteiger partial charge on any atom is 0.338 e. The molecule has 162 valence electrons. The average molecular weight is 423 g/mol. The molecule has 31 heavy (non-hydrogen) atoms. The molecular weight excluding hydrogens is 398 g/mol.